The Morgan fingerprint density at radius 1 is 1.32 bits per heavy atom. The number of hydrogen-bond donors (Lipinski definition) is 1. The molecule has 0 saturated heterocycles. The van der Waals surface area contributed by atoms with Crippen LogP contribution in [0.5, 0.6) is 5.75 Å². The van der Waals surface area contributed by atoms with Crippen LogP contribution in [-0.2, 0) is 11.3 Å². The lowest BCUT2D eigenvalue weighted by atomic mass is 10.2. The molecule has 22 heavy (non-hydrogen) atoms. The Bertz CT molecular complexity index is 556. The first-order chi connectivity index (χ1) is 10.7. The van der Waals surface area contributed by atoms with E-state index in [1.54, 1.807) is 7.11 Å². The molecule has 1 heterocycles. The van der Waals surface area contributed by atoms with Crippen molar-refractivity contribution >= 4 is 6.21 Å². The molecule has 1 aliphatic rings. The molecule has 1 aliphatic heterocycles. The van der Waals surface area contributed by atoms with Crippen LogP contribution >= 0.6 is 0 Å². The van der Waals surface area contributed by atoms with Crippen molar-refractivity contribution in [3.8, 4) is 5.75 Å². The van der Waals surface area contributed by atoms with Crippen molar-refractivity contribution in [2.24, 2.45) is 4.99 Å². The van der Waals surface area contributed by atoms with E-state index in [0.717, 1.165) is 11.3 Å². The van der Waals surface area contributed by atoms with Gasteiger partial charge in [0.2, 0.25) is 6.35 Å². The summed E-state index contributed by atoms with van der Waals surface area (Å²) in [5, 5.41) is 2.98. The molecule has 1 aromatic carbocycles. The molecule has 0 aliphatic carbocycles. The summed E-state index contributed by atoms with van der Waals surface area (Å²) in [4.78, 5) is 5.91. The summed E-state index contributed by atoms with van der Waals surface area (Å²) < 4.78 is 24.7. The van der Waals surface area contributed by atoms with E-state index in [4.69, 9.17) is 9.47 Å². The molecule has 6 heteroatoms. The van der Waals surface area contributed by atoms with Gasteiger partial charge in [-0.25, -0.2) is 9.38 Å². The van der Waals surface area contributed by atoms with E-state index in [1.807, 2.05) is 43.0 Å². The van der Waals surface area contributed by atoms with Gasteiger partial charge in [0.05, 0.1) is 19.9 Å². The molecule has 0 spiro atoms. The van der Waals surface area contributed by atoms with Gasteiger partial charge in [-0.3, -0.25) is 0 Å². The van der Waals surface area contributed by atoms with E-state index in [9.17, 15) is 4.39 Å². The first-order valence-electron chi connectivity index (χ1n) is 7.36. The number of aliphatic imine (C=N–C) groups is 1. The van der Waals surface area contributed by atoms with Crippen molar-refractivity contribution in [3.05, 3.63) is 41.5 Å². The van der Waals surface area contributed by atoms with Crippen molar-refractivity contribution in [1.82, 2.24) is 10.2 Å². The fourth-order valence-electron chi connectivity index (χ4n) is 2.22. The predicted molar refractivity (Wildman–Crippen MR) is 84.3 cm³/mol. The summed E-state index contributed by atoms with van der Waals surface area (Å²) in [5.41, 5.74) is 0.968. The van der Waals surface area contributed by atoms with E-state index in [-0.39, 0.29) is 5.83 Å². The van der Waals surface area contributed by atoms with Gasteiger partial charge >= 0.3 is 0 Å². The van der Waals surface area contributed by atoms with E-state index in [2.05, 4.69) is 10.3 Å². The van der Waals surface area contributed by atoms with Crippen LogP contribution in [0.4, 0.5) is 4.39 Å². The highest BCUT2D eigenvalue weighted by Gasteiger charge is 2.20. The molecular formula is C16H22FN3O2. The van der Waals surface area contributed by atoms with Crippen molar-refractivity contribution in [1.29, 1.82) is 0 Å². The molecule has 2 rings (SSSR count). The lowest BCUT2D eigenvalue weighted by molar-refractivity contribution is 0.0224. The van der Waals surface area contributed by atoms with Crippen LogP contribution in [0, 0.1) is 0 Å². The fourth-order valence-corrected chi connectivity index (χ4v) is 2.22. The predicted octanol–water partition coefficient (Wildman–Crippen LogP) is 2.65. The maximum absolute atomic E-state index is 13.9. The molecule has 1 aromatic rings. The Labute approximate surface area is 130 Å². The molecular weight excluding hydrogens is 285 g/mol. The second-order valence-corrected chi connectivity index (χ2v) is 4.81. The zero-order valence-electron chi connectivity index (χ0n) is 13.2. The van der Waals surface area contributed by atoms with Crippen LogP contribution in [0.15, 0.2) is 40.9 Å². The standard InChI is InChI=1S/C16H22FN3O2/c1-4-20(5-2)15-14(17)10-18-16(19-15)22-11-12-7-6-8-13(9-12)21-3/h6-10,16,19H,4-5,11H2,1-3H3. The molecule has 120 valence electrons. The Kier molecular flexibility index (Phi) is 5.77. The van der Waals surface area contributed by atoms with Gasteiger partial charge in [-0.2, -0.15) is 0 Å². The highest BCUT2D eigenvalue weighted by atomic mass is 19.1. The van der Waals surface area contributed by atoms with Crippen LogP contribution < -0.4 is 10.1 Å². The summed E-state index contributed by atoms with van der Waals surface area (Å²) >= 11 is 0. The molecule has 1 unspecified atom stereocenters. The van der Waals surface area contributed by atoms with Gasteiger partial charge < -0.3 is 19.7 Å². The van der Waals surface area contributed by atoms with Gasteiger partial charge in [0.25, 0.3) is 0 Å². The Morgan fingerprint density at radius 3 is 2.77 bits per heavy atom. The minimum absolute atomic E-state index is 0.360. The number of allylic oxidation sites excluding steroid dienone is 1. The van der Waals surface area contributed by atoms with Crippen LogP contribution in [0.3, 0.4) is 0 Å². The normalized spacial score (nSPS) is 17.4. The average molecular weight is 307 g/mol. The summed E-state index contributed by atoms with van der Waals surface area (Å²) in [6.45, 7) is 5.73. The van der Waals surface area contributed by atoms with Crippen LogP contribution in [0.1, 0.15) is 19.4 Å². The topological polar surface area (TPSA) is 46.1 Å². The van der Waals surface area contributed by atoms with Crippen molar-refractivity contribution in [2.45, 2.75) is 26.8 Å². The molecule has 1 N–H and O–H groups in total. The third-order valence-electron chi connectivity index (χ3n) is 3.43. The molecule has 0 radical (unpaired) electrons. The zero-order chi connectivity index (χ0) is 15.9. The van der Waals surface area contributed by atoms with Gasteiger partial charge in [-0.15, -0.1) is 0 Å². The maximum atomic E-state index is 13.9. The Balaban J connectivity index is 1.96. The Hall–Kier alpha value is -2.08. The van der Waals surface area contributed by atoms with Gasteiger partial charge in [0, 0.05) is 13.1 Å². The SMILES string of the molecule is CCN(CC)C1=C(F)C=NC(OCc2cccc(OC)c2)N1. The van der Waals surface area contributed by atoms with Gasteiger partial charge in [0.15, 0.2) is 5.83 Å². The van der Waals surface area contributed by atoms with Gasteiger partial charge in [-0.05, 0) is 31.5 Å². The summed E-state index contributed by atoms with van der Waals surface area (Å²) in [6.07, 6.45) is 0.613. The second kappa shape index (κ2) is 7.79. The highest BCUT2D eigenvalue weighted by molar-refractivity contribution is 5.77. The van der Waals surface area contributed by atoms with Crippen molar-refractivity contribution in [2.75, 3.05) is 20.2 Å². The number of rotatable bonds is 7. The zero-order valence-corrected chi connectivity index (χ0v) is 13.2. The minimum atomic E-state index is -0.596. The third kappa shape index (κ3) is 3.98. The first kappa shape index (κ1) is 16.3. The number of hydrogen-bond acceptors (Lipinski definition) is 5. The summed E-state index contributed by atoms with van der Waals surface area (Å²) in [5.74, 6) is 0.830. The van der Waals surface area contributed by atoms with Gasteiger partial charge in [-0.1, -0.05) is 12.1 Å². The van der Waals surface area contributed by atoms with Crippen LogP contribution in [0.2, 0.25) is 0 Å². The number of nitrogens with zero attached hydrogens (tertiary/aromatic N) is 2. The molecule has 1 atom stereocenters. The smallest absolute Gasteiger partial charge is 0.227 e. The van der Waals surface area contributed by atoms with E-state index < -0.39 is 6.35 Å². The molecule has 0 aromatic heterocycles. The molecule has 0 saturated carbocycles. The number of benzene rings is 1. The lowest BCUT2D eigenvalue weighted by Crippen LogP contribution is -2.41. The summed E-state index contributed by atoms with van der Waals surface area (Å²) in [7, 11) is 1.62. The van der Waals surface area contributed by atoms with Crippen LogP contribution in [-0.4, -0.2) is 37.7 Å². The molecule has 0 bridgehead atoms. The average Bonchev–Trinajstić information content (AvgIpc) is 2.56. The first-order valence-corrected chi connectivity index (χ1v) is 7.36. The summed E-state index contributed by atoms with van der Waals surface area (Å²) in [6, 6.07) is 7.61. The highest BCUT2D eigenvalue weighted by Crippen LogP contribution is 2.17. The second-order valence-electron chi connectivity index (χ2n) is 4.81. The Morgan fingerprint density at radius 2 is 2.09 bits per heavy atom. The maximum Gasteiger partial charge on any atom is 0.227 e. The van der Waals surface area contributed by atoms with E-state index in [0.29, 0.717) is 25.5 Å². The number of methoxy groups -OCH3 is 1. The van der Waals surface area contributed by atoms with Crippen LogP contribution in [0.25, 0.3) is 0 Å². The number of ether oxygens (including phenoxy) is 2. The molecule has 0 amide bonds. The van der Waals surface area contributed by atoms with E-state index >= 15 is 0 Å². The molecule has 0 fully saturated rings. The van der Waals surface area contributed by atoms with Crippen molar-refractivity contribution in [3.63, 3.8) is 0 Å². The largest absolute Gasteiger partial charge is 0.497 e. The lowest BCUT2D eigenvalue weighted by Gasteiger charge is -2.30. The fraction of sp³-hybridized carbons (Fsp3) is 0.438. The van der Waals surface area contributed by atoms with Crippen molar-refractivity contribution < 1.29 is 13.9 Å². The molecule has 5 nitrogen and oxygen atoms in total. The van der Waals surface area contributed by atoms with Gasteiger partial charge in [0.1, 0.15) is 11.6 Å². The number of nitrogens with one attached hydrogen (secondary N) is 1. The number of halogens is 1. The third-order valence-corrected chi connectivity index (χ3v) is 3.43. The van der Waals surface area contributed by atoms with E-state index in [1.165, 1.54) is 6.21 Å². The quantitative estimate of drug-likeness (QED) is 0.841. The monoisotopic (exact) mass is 307 g/mol. The minimum Gasteiger partial charge on any atom is -0.497 e.